The van der Waals surface area contributed by atoms with E-state index in [1.165, 1.54) is 0 Å². The van der Waals surface area contributed by atoms with Crippen LogP contribution in [-0.4, -0.2) is 37.2 Å². The number of nitrogens with one attached hydrogen (secondary N) is 1. The Balaban J connectivity index is 1.91. The summed E-state index contributed by atoms with van der Waals surface area (Å²) in [5.41, 5.74) is 2.22. The third kappa shape index (κ3) is 6.20. The van der Waals surface area contributed by atoms with Crippen molar-refractivity contribution in [3.63, 3.8) is 0 Å². The van der Waals surface area contributed by atoms with Crippen molar-refractivity contribution in [3.05, 3.63) is 59.7 Å². The highest BCUT2D eigenvalue weighted by Gasteiger charge is 2.16. The van der Waals surface area contributed by atoms with Gasteiger partial charge in [-0.2, -0.15) is 0 Å². The molecule has 0 bridgehead atoms. The van der Waals surface area contributed by atoms with Gasteiger partial charge in [0.25, 0.3) is 0 Å². The highest BCUT2D eigenvalue weighted by Crippen LogP contribution is 2.28. The van der Waals surface area contributed by atoms with E-state index in [1.807, 2.05) is 74.2 Å². The average molecular weight is 370 g/mol. The molecule has 5 heteroatoms. The largest absolute Gasteiger partial charge is 0.493 e. The molecular weight excluding hydrogens is 340 g/mol. The molecule has 2 aromatic carbocycles. The van der Waals surface area contributed by atoms with Gasteiger partial charge >= 0.3 is 6.03 Å². The van der Waals surface area contributed by atoms with Crippen molar-refractivity contribution >= 4 is 6.03 Å². The van der Waals surface area contributed by atoms with Gasteiger partial charge < -0.3 is 19.7 Å². The molecule has 5 nitrogen and oxygen atoms in total. The van der Waals surface area contributed by atoms with Crippen molar-refractivity contribution in [2.75, 3.05) is 20.3 Å². The molecule has 2 amide bonds. The van der Waals surface area contributed by atoms with Gasteiger partial charge in [-0.15, -0.1) is 0 Å². The van der Waals surface area contributed by atoms with Gasteiger partial charge in [-0.1, -0.05) is 36.4 Å². The number of amides is 2. The van der Waals surface area contributed by atoms with Crippen LogP contribution in [0.15, 0.2) is 48.5 Å². The van der Waals surface area contributed by atoms with Crippen LogP contribution in [0.2, 0.25) is 0 Å². The van der Waals surface area contributed by atoms with Crippen LogP contribution in [0.25, 0.3) is 0 Å². The molecular formula is C22H30N2O3. The molecule has 0 spiro atoms. The fourth-order valence-electron chi connectivity index (χ4n) is 2.83. The molecule has 0 aromatic heterocycles. The molecule has 0 aliphatic heterocycles. The minimum absolute atomic E-state index is 0.0493. The number of nitrogens with zero attached hydrogens (tertiary/aromatic N) is 1. The van der Waals surface area contributed by atoms with Crippen molar-refractivity contribution in [2.24, 2.45) is 0 Å². The zero-order valence-corrected chi connectivity index (χ0v) is 16.7. The van der Waals surface area contributed by atoms with Gasteiger partial charge in [0.2, 0.25) is 0 Å². The lowest BCUT2D eigenvalue weighted by atomic mass is 10.1. The lowest BCUT2D eigenvalue weighted by Gasteiger charge is -2.27. The van der Waals surface area contributed by atoms with E-state index in [9.17, 15) is 4.79 Å². The number of ether oxygens (including phenoxy) is 2. The third-order valence-electron chi connectivity index (χ3n) is 4.30. The molecule has 146 valence electrons. The maximum atomic E-state index is 12.6. The van der Waals surface area contributed by atoms with Crippen molar-refractivity contribution < 1.29 is 14.3 Å². The summed E-state index contributed by atoms with van der Waals surface area (Å²) >= 11 is 0. The topological polar surface area (TPSA) is 50.8 Å². The van der Waals surface area contributed by atoms with Crippen LogP contribution in [0.5, 0.6) is 11.5 Å². The zero-order chi connectivity index (χ0) is 19.6. The van der Waals surface area contributed by atoms with Crippen molar-refractivity contribution in [1.29, 1.82) is 0 Å². The van der Waals surface area contributed by atoms with Gasteiger partial charge in [0.05, 0.1) is 13.7 Å². The molecule has 2 aromatic rings. The molecule has 2 rings (SSSR count). The first kappa shape index (κ1) is 20.6. The summed E-state index contributed by atoms with van der Waals surface area (Å²) in [7, 11) is 1.63. The first-order valence-electron chi connectivity index (χ1n) is 9.43. The lowest BCUT2D eigenvalue weighted by Crippen LogP contribution is -2.44. The van der Waals surface area contributed by atoms with E-state index in [4.69, 9.17) is 9.47 Å². The molecule has 0 saturated heterocycles. The highest BCUT2D eigenvalue weighted by atomic mass is 16.5. The first-order chi connectivity index (χ1) is 13.0. The summed E-state index contributed by atoms with van der Waals surface area (Å²) in [6.45, 7) is 7.76. The summed E-state index contributed by atoms with van der Waals surface area (Å²) in [6, 6.07) is 16.0. The molecule has 0 saturated carbocycles. The van der Waals surface area contributed by atoms with Crippen LogP contribution < -0.4 is 14.8 Å². The summed E-state index contributed by atoms with van der Waals surface area (Å²) in [6.07, 6.45) is 0.728. The Morgan fingerprint density at radius 3 is 2.44 bits per heavy atom. The van der Waals surface area contributed by atoms with Gasteiger partial charge in [-0.25, -0.2) is 4.79 Å². The minimum Gasteiger partial charge on any atom is -0.493 e. The normalized spacial score (nSPS) is 10.6. The fourth-order valence-corrected chi connectivity index (χ4v) is 2.83. The minimum atomic E-state index is -0.0493. The van der Waals surface area contributed by atoms with Gasteiger partial charge in [0.1, 0.15) is 0 Å². The van der Waals surface area contributed by atoms with Crippen LogP contribution in [-0.2, 0) is 13.0 Å². The van der Waals surface area contributed by atoms with Crippen LogP contribution in [0, 0.1) is 0 Å². The number of carbonyl (C=O) groups excluding carboxylic acids is 1. The maximum Gasteiger partial charge on any atom is 0.317 e. The third-order valence-corrected chi connectivity index (χ3v) is 4.30. The summed E-state index contributed by atoms with van der Waals surface area (Å²) in [4.78, 5) is 14.5. The number of hydrogen-bond donors (Lipinski definition) is 1. The smallest absolute Gasteiger partial charge is 0.317 e. The second kappa shape index (κ2) is 10.5. The van der Waals surface area contributed by atoms with E-state index in [1.54, 1.807) is 7.11 Å². The Morgan fingerprint density at radius 2 is 1.81 bits per heavy atom. The number of carbonyl (C=O) groups is 1. The molecule has 0 heterocycles. The Morgan fingerprint density at radius 1 is 1.07 bits per heavy atom. The van der Waals surface area contributed by atoms with Gasteiger partial charge in [-0.3, -0.25) is 0 Å². The fraction of sp³-hybridized carbons (Fsp3) is 0.409. The summed E-state index contributed by atoms with van der Waals surface area (Å²) in [5, 5.41) is 3.03. The van der Waals surface area contributed by atoms with Crippen LogP contribution in [0.4, 0.5) is 4.79 Å². The Hall–Kier alpha value is -2.69. The molecule has 0 atom stereocenters. The Bertz CT molecular complexity index is 717. The predicted molar refractivity (Wildman–Crippen MR) is 108 cm³/mol. The van der Waals surface area contributed by atoms with Crippen LogP contribution in [0.1, 0.15) is 31.9 Å². The van der Waals surface area contributed by atoms with E-state index >= 15 is 0 Å². The lowest BCUT2D eigenvalue weighted by molar-refractivity contribution is 0.180. The second-order valence-corrected chi connectivity index (χ2v) is 6.61. The molecule has 0 aliphatic carbocycles. The standard InChI is InChI=1S/C22H30N2O3/c1-5-27-20-12-11-18(15-21(20)26-4)13-14-23-22(25)24(17(2)3)16-19-9-7-6-8-10-19/h6-12,15,17H,5,13-14,16H2,1-4H3,(H,23,25). The molecule has 1 N–H and O–H groups in total. The number of hydrogen-bond acceptors (Lipinski definition) is 3. The Labute approximate surface area is 162 Å². The molecule has 0 fully saturated rings. The van der Waals surface area contributed by atoms with E-state index in [2.05, 4.69) is 5.32 Å². The molecule has 27 heavy (non-hydrogen) atoms. The van der Waals surface area contributed by atoms with E-state index in [-0.39, 0.29) is 12.1 Å². The summed E-state index contributed by atoms with van der Waals surface area (Å²) < 4.78 is 10.9. The molecule has 0 radical (unpaired) electrons. The molecule has 0 aliphatic rings. The van der Waals surface area contributed by atoms with Crippen LogP contribution in [0.3, 0.4) is 0 Å². The van der Waals surface area contributed by atoms with Gasteiger partial charge in [0.15, 0.2) is 11.5 Å². The van der Waals surface area contributed by atoms with E-state index < -0.39 is 0 Å². The van der Waals surface area contributed by atoms with E-state index in [0.717, 1.165) is 23.3 Å². The van der Waals surface area contributed by atoms with Crippen molar-refractivity contribution in [3.8, 4) is 11.5 Å². The van der Waals surface area contributed by atoms with Crippen molar-refractivity contribution in [2.45, 2.75) is 39.8 Å². The first-order valence-corrected chi connectivity index (χ1v) is 9.43. The number of rotatable bonds is 9. The quantitative estimate of drug-likeness (QED) is 0.718. The van der Waals surface area contributed by atoms with Crippen LogP contribution >= 0.6 is 0 Å². The second-order valence-electron chi connectivity index (χ2n) is 6.61. The van der Waals surface area contributed by atoms with E-state index in [0.29, 0.717) is 25.4 Å². The highest BCUT2D eigenvalue weighted by molar-refractivity contribution is 5.74. The van der Waals surface area contributed by atoms with Gasteiger partial charge in [-0.05, 0) is 50.5 Å². The number of urea groups is 1. The number of benzene rings is 2. The predicted octanol–water partition coefficient (Wildman–Crippen LogP) is 4.26. The maximum absolute atomic E-state index is 12.6. The molecule has 0 unspecified atom stereocenters. The van der Waals surface area contributed by atoms with Gasteiger partial charge in [0, 0.05) is 19.1 Å². The average Bonchev–Trinajstić information content (AvgIpc) is 2.67. The summed E-state index contributed by atoms with van der Waals surface area (Å²) in [5.74, 6) is 1.45. The van der Waals surface area contributed by atoms with Crippen molar-refractivity contribution in [1.82, 2.24) is 10.2 Å². The Kier molecular flexibility index (Phi) is 7.99. The monoisotopic (exact) mass is 370 g/mol. The SMILES string of the molecule is CCOc1ccc(CCNC(=O)N(Cc2ccccc2)C(C)C)cc1OC. The number of methoxy groups -OCH3 is 1. The zero-order valence-electron chi connectivity index (χ0n) is 16.7.